The molecule has 0 spiro atoms. The van der Waals surface area contributed by atoms with E-state index in [-0.39, 0.29) is 5.97 Å². The standard InChI is InChI=1S/C14H19O2Si.3C4H9.Sn/c1-5-16-14(15)13-9-7-6-8-12(13)10-11-17(2,3)4;3*1-3-4-2;/h6-9,11H,5H2,1-4H3;3*1,3-4H2,2H3;. The van der Waals surface area contributed by atoms with Gasteiger partial charge in [0, 0.05) is 0 Å². The Kier molecular flexibility index (Phi) is 12.6. The van der Waals surface area contributed by atoms with Gasteiger partial charge in [-0.1, -0.05) is 0 Å². The molecule has 0 bridgehead atoms. The normalized spacial score (nSPS) is 12.8. The van der Waals surface area contributed by atoms with Crippen LogP contribution in [0.5, 0.6) is 0 Å². The molecule has 1 rings (SSSR count). The number of carbonyl (C=O) groups excluding carboxylic acids is 1. The van der Waals surface area contributed by atoms with Crippen molar-refractivity contribution in [2.45, 2.75) is 99.2 Å². The van der Waals surface area contributed by atoms with Gasteiger partial charge in [-0.3, -0.25) is 0 Å². The topological polar surface area (TPSA) is 26.3 Å². The Hall–Kier alpha value is -0.554. The van der Waals surface area contributed by atoms with E-state index in [0.717, 1.165) is 5.56 Å². The van der Waals surface area contributed by atoms with E-state index in [1.807, 2.05) is 19.1 Å². The van der Waals surface area contributed by atoms with Crippen molar-refractivity contribution < 1.29 is 9.53 Å². The third kappa shape index (κ3) is 8.53. The average molecular weight is 537 g/mol. The summed E-state index contributed by atoms with van der Waals surface area (Å²) in [5, 5.41) is 0. The van der Waals surface area contributed by atoms with Crippen molar-refractivity contribution in [2.75, 3.05) is 6.61 Å². The van der Waals surface area contributed by atoms with Crippen molar-refractivity contribution in [1.82, 2.24) is 0 Å². The molecular formula is C26H46O2SiSn. The van der Waals surface area contributed by atoms with Crippen molar-refractivity contribution in [1.29, 1.82) is 0 Å². The Morgan fingerprint density at radius 1 is 0.867 bits per heavy atom. The fourth-order valence-electron chi connectivity index (χ4n) is 4.38. The summed E-state index contributed by atoms with van der Waals surface area (Å²) in [4.78, 5) is 12.9. The number of hydrogen-bond acceptors (Lipinski definition) is 2. The quantitative estimate of drug-likeness (QED) is 0.176. The van der Waals surface area contributed by atoms with Crippen molar-refractivity contribution >= 4 is 36.0 Å². The van der Waals surface area contributed by atoms with Crippen LogP contribution in [0.25, 0.3) is 3.59 Å². The molecule has 0 aromatic heterocycles. The molecule has 0 atom stereocenters. The number of unbranched alkanes of at least 4 members (excludes halogenated alkanes) is 3. The van der Waals surface area contributed by atoms with Crippen molar-refractivity contribution in [3.63, 3.8) is 0 Å². The Bertz CT molecular complexity index is 654. The second kappa shape index (κ2) is 13.8. The molecule has 0 aliphatic rings. The van der Waals surface area contributed by atoms with Gasteiger partial charge in [0.05, 0.1) is 0 Å². The van der Waals surface area contributed by atoms with Crippen LogP contribution >= 0.6 is 0 Å². The van der Waals surface area contributed by atoms with E-state index in [9.17, 15) is 4.79 Å². The molecule has 0 saturated heterocycles. The van der Waals surface area contributed by atoms with Crippen LogP contribution in [0.3, 0.4) is 0 Å². The number of rotatable bonds is 14. The van der Waals surface area contributed by atoms with Crippen molar-refractivity contribution in [3.05, 3.63) is 41.1 Å². The fraction of sp³-hybridized carbons (Fsp3) is 0.654. The number of ether oxygens (including phenoxy) is 1. The van der Waals surface area contributed by atoms with Gasteiger partial charge in [0.15, 0.2) is 0 Å². The maximum absolute atomic E-state index is 12.9. The summed E-state index contributed by atoms with van der Waals surface area (Å²) in [5.41, 5.74) is 4.68. The van der Waals surface area contributed by atoms with E-state index >= 15 is 0 Å². The average Bonchev–Trinajstić information content (AvgIpc) is 2.71. The molecule has 0 unspecified atom stereocenters. The molecule has 0 radical (unpaired) electrons. The van der Waals surface area contributed by atoms with Gasteiger partial charge < -0.3 is 0 Å². The van der Waals surface area contributed by atoms with Gasteiger partial charge in [-0.2, -0.15) is 0 Å². The number of benzene rings is 1. The molecule has 0 N–H and O–H groups in total. The summed E-state index contributed by atoms with van der Waals surface area (Å²) in [5.74, 6) is -0.156. The maximum atomic E-state index is 12.9. The fourth-order valence-corrected chi connectivity index (χ4v) is 27.6. The molecule has 0 aliphatic carbocycles. The van der Waals surface area contributed by atoms with E-state index in [2.05, 4.69) is 58.2 Å². The summed E-state index contributed by atoms with van der Waals surface area (Å²) in [7, 11) is -1.47. The van der Waals surface area contributed by atoms with E-state index in [0.29, 0.717) is 6.61 Å². The molecule has 1 aromatic rings. The van der Waals surface area contributed by atoms with Gasteiger partial charge in [-0.25, -0.2) is 0 Å². The predicted molar refractivity (Wildman–Crippen MR) is 139 cm³/mol. The second-order valence-electron chi connectivity index (χ2n) is 9.78. The molecule has 0 amide bonds. The first-order chi connectivity index (χ1) is 14.2. The molecule has 2 nitrogen and oxygen atoms in total. The van der Waals surface area contributed by atoms with E-state index in [1.54, 1.807) is 3.59 Å². The Morgan fingerprint density at radius 2 is 1.33 bits per heavy atom. The first-order valence-corrected chi connectivity index (χ1v) is 23.3. The van der Waals surface area contributed by atoms with E-state index in [1.165, 1.54) is 57.4 Å². The summed E-state index contributed by atoms with van der Waals surface area (Å²) in [6.45, 7) is 16.6. The van der Waals surface area contributed by atoms with Crippen molar-refractivity contribution in [3.8, 4) is 0 Å². The van der Waals surface area contributed by atoms with E-state index < -0.39 is 26.5 Å². The Balaban J connectivity index is 3.74. The zero-order valence-corrected chi connectivity index (χ0v) is 24.6. The molecule has 170 valence electrons. The van der Waals surface area contributed by atoms with Crippen LogP contribution in [-0.4, -0.2) is 39.0 Å². The number of esters is 1. The van der Waals surface area contributed by atoms with Gasteiger partial charge in [0.2, 0.25) is 0 Å². The third-order valence-corrected chi connectivity index (χ3v) is 23.5. The molecule has 4 heteroatoms. The minimum absolute atomic E-state index is 0.156. The Labute approximate surface area is 191 Å². The SMILES string of the molecule is CCC[CH2][Sn]([CH2]CCC)([CH2]CCC)/[C](=C/[Si](C)(C)C)c1ccccc1C(=O)OCC. The van der Waals surface area contributed by atoms with Crippen LogP contribution in [0.4, 0.5) is 0 Å². The zero-order valence-electron chi connectivity index (χ0n) is 20.8. The summed E-state index contributed by atoms with van der Waals surface area (Å²) >= 11 is -2.72. The predicted octanol–water partition coefficient (Wildman–Crippen LogP) is 8.51. The van der Waals surface area contributed by atoms with Crippen LogP contribution in [0.1, 0.15) is 82.1 Å². The molecule has 1 aromatic carbocycles. The van der Waals surface area contributed by atoms with Gasteiger partial charge in [0.1, 0.15) is 0 Å². The zero-order chi connectivity index (χ0) is 22.6. The summed E-state index contributed by atoms with van der Waals surface area (Å²) in [6, 6.07) is 8.31. The van der Waals surface area contributed by atoms with Crippen LogP contribution in [-0.2, 0) is 4.74 Å². The van der Waals surface area contributed by atoms with Crippen LogP contribution in [0.15, 0.2) is 30.0 Å². The van der Waals surface area contributed by atoms with Crippen LogP contribution in [0, 0.1) is 0 Å². The minimum atomic E-state index is -2.72. The molecule has 0 heterocycles. The van der Waals surface area contributed by atoms with Crippen LogP contribution in [0.2, 0.25) is 33.0 Å². The molecule has 0 fully saturated rings. The van der Waals surface area contributed by atoms with Gasteiger partial charge in [-0.15, -0.1) is 0 Å². The molecular weight excluding hydrogens is 491 g/mol. The molecule has 0 aliphatic heterocycles. The van der Waals surface area contributed by atoms with Gasteiger partial charge >= 0.3 is 192 Å². The van der Waals surface area contributed by atoms with Crippen molar-refractivity contribution in [2.24, 2.45) is 0 Å². The summed E-state index contributed by atoms with van der Waals surface area (Å²) < 4.78 is 11.4. The van der Waals surface area contributed by atoms with Gasteiger partial charge in [0.25, 0.3) is 0 Å². The Morgan fingerprint density at radius 3 is 1.73 bits per heavy atom. The monoisotopic (exact) mass is 538 g/mol. The number of hydrogen-bond donors (Lipinski definition) is 0. The first kappa shape index (κ1) is 27.5. The summed E-state index contributed by atoms with van der Waals surface area (Å²) in [6.07, 6.45) is 7.76. The molecule has 30 heavy (non-hydrogen) atoms. The molecule has 0 saturated carbocycles. The van der Waals surface area contributed by atoms with Crippen LogP contribution < -0.4 is 0 Å². The van der Waals surface area contributed by atoms with Gasteiger partial charge in [-0.05, 0) is 0 Å². The third-order valence-electron chi connectivity index (χ3n) is 5.89. The second-order valence-corrected chi connectivity index (χ2v) is 27.9. The number of carbonyl (C=O) groups is 1. The first-order valence-electron chi connectivity index (χ1n) is 12.2. The van der Waals surface area contributed by atoms with E-state index in [4.69, 9.17) is 4.74 Å².